The van der Waals surface area contributed by atoms with Crippen molar-refractivity contribution >= 4 is 5.57 Å². The van der Waals surface area contributed by atoms with Crippen molar-refractivity contribution in [3.63, 3.8) is 0 Å². The third kappa shape index (κ3) is 2.79. The molecule has 2 aliphatic rings. The van der Waals surface area contributed by atoms with Gasteiger partial charge in [0, 0.05) is 0 Å². The maximum Gasteiger partial charge on any atom is -0.00194 e. The van der Waals surface area contributed by atoms with E-state index in [2.05, 4.69) is 74.5 Å². The van der Waals surface area contributed by atoms with Gasteiger partial charge in [-0.15, -0.1) is 0 Å². The SMILES string of the molecule is C/C=C1\C=C/CC2CC2c2cccc(Cc3cccc(C)c3)c21. The van der Waals surface area contributed by atoms with Gasteiger partial charge in [-0.2, -0.15) is 0 Å². The third-order valence-corrected chi connectivity index (χ3v) is 5.32. The minimum atomic E-state index is 0.780. The van der Waals surface area contributed by atoms with Crippen LogP contribution in [-0.4, -0.2) is 0 Å². The molecule has 4 rings (SSSR count). The fourth-order valence-corrected chi connectivity index (χ4v) is 4.05. The van der Waals surface area contributed by atoms with Gasteiger partial charge in [-0.25, -0.2) is 0 Å². The first-order valence-electron chi connectivity index (χ1n) is 8.77. The molecule has 0 aromatic heterocycles. The van der Waals surface area contributed by atoms with Gasteiger partial charge in [0.25, 0.3) is 0 Å². The zero-order valence-corrected chi connectivity index (χ0v) is 14.0. The van der Waals surface area contributed by atoms with Crippen molar-refractivity contribution in [1.82, 2.24) is 0 Å². The van der Waals surface area contributed by atoms with Crippen molar-refractivity contribution in [2.75, 3.05) is 0 Å². The quantitative estimate of drug-likeness (QED) is 0.633. The van der Waals surface area contributed by atoms with Crippen molar-refractivity contribution in [2.24, 2.45) is 5.92 Å². The standard InChI is InChI=1S/C23H24/c1-3-18-9-5-10-19-15-22(19)21-12-6-11-20(23(18)21)14-17-8-4-7-16(2)13-17/h3-9,11-13,19,22H,10,14-15H2,1-2H3/b9-5-,18-3+. The van der Waals surface area contributed by atoms with E-state index in [1.54, 1.807) is 5.56 Å². The first kappa shape index (κ1) is 14.5. The van der Waals surface area contributed by atoms with E-state index in [9.17, 15) is 0 Å². The van der Waals surface area contributed by atoms with Gasteiger partial charge in [-0.3, -0.25) is 0 Å². The molecule has 2 unspecified atom stereocenters. The zero-order chi connectivity index (χ0) is 15.8. The molecule has 0 radical (unpaired) electrons. The van der Waals surface area contributed by atoms with Gasteiger partial charge in [0.2, 0.25) is 0 Å². The summed E-state index contributed by atoms with van der Waals surface area (Å²) in [7, 11) is 0. The van der Waals surface area contributed by atoms with Crippen LogP contribution in [0.4, 0.5) is 0 Å². The molecule has 1 saturated carbocycles. The molecular weight excluding hydrogens is 276 g/mol. The highest BCUT2D eigenvalue weighted by Crippen LogP contribution is 2.53. The van der Waals surface area contributed by atoms with Crippen LogP contribution in [0.3, 0.4) is 0 Å². The minimum Gasteiger partial charge on any atom is -0.0836 e. The molecule has 0 nitrogen and oxygen atoms in total. The molecule has 0 heterocycles. The second-order valence-electron chi connectivity index (χ2n) is 7.03. The fourth-order valence-electron chi connectivity index (χ4n) is 4.05. The van der Waals surface area contributed by atoms with Gasteiger partial charge in [-0.1, -0.05) is 66.3 Å². The Morgan fingerprint density at radius 3 is 2.83 bits per heavy atom. The van der Waals surface area contributed by atoms with Crippen LogP contribution in [0.15, 0.2) is 60.7 Å². The van der Waals surface area contributed by atoms with Gasteiger partial charge >= 0.3 is 0 Å². The topological polar surface area (TPSA) is 0 Å². The molecule has 0 saturated heterocycles. The molecule has 2 atom stereocenters. The number of benzene rings is 2. The van der Waals surface area contributed by atoms with E-state index in [1.165, 1.54) is 40.7 Å². The predicted molar refractivity (Wildman–Crippen MR) is 98.7 cm³/mol. The molecule has 1 fully saturated rings. The van der Waals surface area contributed by atoms with Gasteiger partial charge in [0.15, 0.2) is 0 Å². The Labute approximate surface area is 139 Å². The van der Waals surface area contributed by atoms with Gasteiger partial charge in [-0.05, 0) is 72.8 Å². The van der Waals surface area contributed by atoms with Crippen LogP contribution in [-0.2, 0) is 6.42 Å². The monoisotopic (exact) mass is 300 g/mol. The Morgan fingerprint density at radius 2 is 2.00 bits per heavy atom. The van der Waals surface area contributed by atoms with Crippen LogP contribution in [0.25, 0.3) is 5.57 Å². The molecule has 0 bridgehead atoms. The van der Waals surface area contributed by atoms with Crippen molar-refractivity contribution in [2.45, 2.75) is 39.0 Å². The predicted octanol–water partition coefficient (Wildman–Crippen LogP) is 6.05. The Balaban J connectivity index is 1.81. The summed E-state index contributed by atoms with van der Waals surface area (Å²) in [5.74, 6) is 1.65. The van der Waals surface area contributed by atoms with Crippen molar-refractivity contribution in [1.29, 1.82) is 0 Å². The Morgan fingerprint density at radius 1 is 1.13 bits per heavy atom. The number of aryl methyl sites for hydroxylation is 1. The lowest BCUT2D eigenvalue weighted by atomic mass is 9.86. The Kier molecular flexibility index (Phi) is 3.69. The smallest absolute Gasteiger partial charge is 0.00194 e. The van der Waals surface area contributed by atoms with Crippen LogP contribution < -0.4 is 0 Å². The van der Waals surface area contributed by atoms with Gasteiger partial charge < -0.3 is 0 Å². The van der Waals surface area contributed by atoms with Crippen molar-refractivity contribution in [3.8, 4) is 0 Å². The van der Waals surface area contributed by atoms with Crippen molar-refractivity contribution < 1.29 is 0 Å². The number of hydrogen-bond acceptors (Lipinski definition) is 0. The minimum absolute atomic E-state index is 0.780. The lowest BCUT2D eigenvalue weighted by molar-refractivity contribution is 0.814. The largest absolute Gasteiger partial charge is 0.0836 e. The highest BCUT2D eigenvalue weighted by molar-refractivity contribution is 5.79. The summed E-state index contributed by atoms with van der Waals surface area (Å²) in [5.41, 5.74) is 8.70. The van der Waals surface area contributed by atoms with Gasteiger partial charge in [0.1, 0.15) is 0 Å². The highest BCUT2D eigenvalue weighted by Gasteiger charge is 2.39. The third-order valence-electron chi connectivity index (χ3n) is 5.32. The van der Waals surface area contributed by atoms with E-state index in [0.29, 0.717) is 0 Å². The molecule has 0 heteroatoms. The summed E-state index contributed by atoms with van der Waals surface area (Å²) in [4.78, 5) is 0. The van der Waals surface area contributed by atoms with Crippen LogP contribution in [0.1, 0.15) is 53.5 Å². The molecule has 0 amide bonds. The number of rotatable bonds is 2. The molecule has 116 valence electrons. The maximum atomic E-state index is 2.38. The number of fused-ring (bicyclic) bond motifs is 3. The van der Waals surface area contributed by atoms with Crippen LogP contribution in [0.2, 0.25) is 0 Å². The molecule has 2 aliphatic carbocycles. The second-order valence-corrected chi connectivity index (χ2v) is 7.03. The Hall–Kier alpha value is -2.08. The summed E-state index contributed by atoms with van der Waals surface area (Å²) in [6, 6.07) is 15.9. The summed E-state index contributed by atoms with van der Waals surface area (Å²) < 4.78 is 0. The average Bonchev–Trinajstić information content (AvgIpc) is 3.29. The first-order valence-corrected chi connectivity index (χ1v) is 8.77. The summed E-state index contributed by atoms with van der Waals surface area (Å²) in [6.07, 6.45) is 10.6. The molecule has 0 aliphatic heterocycles. The number of hydrogen-bond donors (Lipinski definition) is 0. The molecular formula is C23H24. The molecule has 0 spiro atoms. The average molecular weight is 300 g/mol. The molecule has 2 aromatic carbocycles. The van der Waals surface area contributed by atoms with Crippen LogP contribution in [0, 0.1) is 12.8 Å². The summed E-state index contributed by atoms with van der Waals surface area (Å²) in [5, 5.41) is 0. The normalized spacial score (nSPS) is 25.2. The van der Waals surface area contributed by atoms with E-state index in [-0.39, 0.29) is 0 Å². The highest BCUT2D eigenvalue weighted by atomic mass is 14.4. The van der Waals surface area contributed by atoms with Crippen LogP contribution >= 0.6 is 0 Å². The summed E-state index contributed by atoms with van der Waals surface area (Å²) >= 11 is 0. The lowest BCUT2D eigenvalue weighted by Crippen LogP contribution is -2.01. The first-order chi connectivity index (χ1) is 11.3. The van der Waals surface area contributed by atoms with Crippen LogP contribution in [0.5, 0.6) is 0 Å². The van der Waals surface area contributed by atoms with E-state index in [0.717, 1.165) is 18.3 Å². The maximum absolute atomic E-state index is 2.38. The van der Waals surface area contributed by atoms with E-state index in [1.807, 2.05) is 0 Å². The Bertz CT molecular complexity index is 791. The van der Waals surface area contributed by atoms with E-state index >= 15 is 0 Å². The number of allylic oxidation sites excluding steroid dienone is 4. The molecule has 2 aromatic rings. The van der Waals surface area contributed by atoms with E-state index in [4.69, 9.17) is 0 Å². The summed E-state index contributed by atoms with van der Waals surface area (Å²) in [6.45, 7) is 4.34. The van der Waals surface area contributed by atoms with E-state index < -0.39 is 0 Å². The lowest BCUT2D eigenvalue weighted by Gasteiger charge is -2.18. The zero-order valence-electron chi connectivity index (χ0n) is 14.0. The van der Waals surface area contributed by atoms with Crippen molar-refractivity contribution in [3.05, 3.63) is 88.5 Å². The molecule has 0 N–H and O–H groups in total. The fraction of sp³-hybridized carbons (Fsp3) is 0.304. The van der Waals surface area contributed by atoms with Gasteiger partial charge in [0.05, 0.1) is 0 Å². The molecule has 23 heavy (non-hydrogen) atoms. The second kappa shape index (κ2) is 5.85.